The predicted molar refractivity (Wildman–Crippen MR) is 66.4 cm³/mol. The molecule has 2 heterocycles. The summed E-state index contributed by atoms with van der Waals surface area (Å²) in [4.78, 5) is 18.4. The van der Waals surface area contributed by atoms with Crippen LogP contribution >= 0.6 is 11.3 Å². The van der Waals surface area contributed by atoms with Crippen LogP contribution in [0.4, 0.5) is 0 Å². The molecule has 0 unspecified atom stereocenters. The van der Waals surface area contributed by atoms with Crippen molar-refractivity contribution in [3.05, 3.63) is 41.4 Å². The molecule has 5 heteroatoms. The Morgan fingerprint density at radius 3 is 3.00 bits per heavy atom. The number of aromatic carboxylic acids is 1. The van der Waals surface area contributed by atoms with Gasteiger partial charge in [0.25, 0.3) is 0 Å². The summed E-state index contributed by atoms with van der Waals surface area (Å²) in [6.07, 6.45) is 1.73. The van der Waals surface area contributed by atoms with Crippen molar-refractivity contribution >= 4 is 28.2 Å². The smallest absolute Gasteiger partial charge is 0.337 e. The molecule has 3 rings (SSSR count). The van der Waals surface area contributed by atoms with Crippen LogP contribution in [0.2, 0.25) is 0 Å². The second kappa shape index (κ2) is 3.71. The normalized spacial score (nSPS) is 10.8. The first kappa shape index (κ1) is 10.0. The number of rotatable bonds is 2. The molecule has 4 nitrogen and oxygen atoms in total. The molecule has 0 aliphatic carbocycles. The van der Waals surface area contributed by atoms with Gasteiger partial charge in [-0.3, -0.25) is 0 Å². The Bertz CT molecular complexity index is 686. The average Bonchev–Trinajstić information content (AvgIpc) is 2.96. The highest BCUT2D eigenvalue weighted by atomic mass is 32.1. The number of benzene rings is 1. The summed E-state index contributed by atoms with van der Waals surface area (Å²) in [5.74, 6) is -0.928. The Kier molecular flexibility index (Phi) is 2.19. The summed E-state index contributed by atoms with van der Waals surface area (Å²) in [7, 11) is 0. The number of carboxylic acids is 1. The van der Waals surface area contributed by atoms with Gasteiger partial charge in [-0.05, 0) is 12.1 Å². The number of fused-ring (bicyclic) bond motifs is 1. The summed E-state index contributed by atoms with van der Waals surface area (Å²) < 4.78 is 0. The van der Waals surface area contributed by atoms with Crippen LogP contribution in [0.25, 0.3) is 21.6 Å². The molecule has 2 N–H and O–H groups in total. The van der Waals surface area contributed by atoms with Crippen molar-refractivity contribution in [3.8, 4) is 10.7 Å². The number of thiazole rings is 1. The van der Waals surface area contributed by atoms with Crippen LogP contribution in [0.15, 0.2) is 35.8 Å². The molecule has 0 radical (unpaired) electrons. The largest absolute Gasteiger partial charge is 0.478 e. The van der Waals surface area contributed by atoms with Crippen LogP contribution in [-0.2, 0) is 0 Å². The van der Waals surface area contributed by atoms with Gasteiger partial charge in [0.2, 0.25) is 0 Å². The molecular formula is C12H8N2O2S. The van der Waals surface area contributed by atoms with Crippen molar-refractivity contribution in [2.24, 2.45) is 0 Å². The van der Waals surface area contributed by atoms with Crippen molar-refractivity contribution in [2.75, 3.05) is 0 Å². The number of nitrogens with one attached hydrogen (secondary N) is 1. The lowest BCUT2D eigenvalue weighted by Gasteiger charge is -1.95. The van der Waals surface area contributed by atoms with Gasteiger partial charge >= 0.3 is 5.97 Å². The maximum atomic E-state index is 11.1. The molecule has 0 saturated carbocycles. The number of hydrogen-bond donors (Lipinski definition) is 2. The number of carboxylic acid groups (broad SMARTS) is 1. The van der Waals surface area contributed by atoms with Gasteiger partial charge in [-0.25, -0.2) is 9.78 Å². The molecule has 0 aliphatic heterocycles. The molecule has 3 aromatic rings. The second-order valence-electron chi connectivity index (χ2n) is 3.60. The number of aromatic nitrogens is 2. The molecule has 1 aromatic carbocycles. The summed E-state index contributed by atoms with van der Waals surface area (Å²) in [6, 6.07) is 7.13. The van der Waals surface area contributed by atoms with Crippen molar-refractivity contribution in [1.29, 1.82) is 0 Å². The summed E-state index contributed by atoms with van der Waals surface area (Å²) in [5, 5.41) is 12.7. The number of para-hydroxylation sites is 1. The molecule has 0 saturated heterocycles. The average molecular weight is 244 g/mol. The number of H-pyrrole nitrogens is 1. The van der Waals surface area contributed by atoms with E-state index in [0.717, 1.165) is 16.1 Å². The Morgan fingerprint density at radius 2 is 2.29 bits per heavy atom. The van der Waals surface area contributed by atoms with Crippen LogP contribution in [0.5, 0.6) is 0 Å². The summed E-state index contributed by atoms with van der Waals surface area (Å²) in [5.41, 5.74) is 1.78. The lowest BCUT2D eigenvalue weighted by atomic mass is 10.1. The van der Waals surface area contributed by atoms with Gasteiger partial charge in [0.05, 0.1) is 16.8 Å². The fourth-order valence-corrected chi connectivity index (χ4v) is 2.42. The number of hydrogen-bond acceptors (Lipinski definition) is 3. The predicted octanol–water partition coefficient (Wildman–Crippen LogP) is 2.99. The first-order chi connectivity index (χ1) is 8.25. The molecular weight excluding hydrogens is 236 g/mol. The highest BCUT2D eigenvalue weighted by molar-refractivity contribution is 7.13. The highest BCUT2D eigenvalue weighted by Crippen LogP contribution is 2.27. The van der Waals surface area contributed by atoms with Crippen LogP contribution in [0.3, 0.4) is 0 Å². The fourth-order valence-electron chi connectivity index (χ4n) is 1.81. The Balaban J connectivity index is 2.26. The van der Waals surface area contributed by atoms with Gasteiger partial charge in [0.1, 0.15) is 5.01 Å². The number of carbonyl (C=O) groups is 1. The quantitative estimate of drug-likeness (QED) is 0.728. The maximum Gasteiger partial charge on any atom is 0.337 e. The van der Waals surface area contributed by atoms with Crippen LogP contribution < -0.4 is 0 Å². The van der Waals surface area contributed by atoms with E-state index in [1.165, 1.54) is 11.3 Å². The minimum atomic E-state index is -0.928. The summed E-state index contributed by atoms with van der Waals surface area (Å²) in [6.45, 7) is 0. The van der Waals surface area contributed by atoms with Crippen molar-refractivity contribution < 1.29 is 9.90 Å². The fraction of sp³-hybridized carbons (Fsp3) is 0. The Morgan fingerprint density at radius 1 is 1.41 bits per heavy atom. The number of nitrogens with zero attached hydrogens (tertiary/aromatic N) is 1. The first-order valence-corrected chi connectivity index (χ1v) is 5.88. The van der Waals surface area contributed by atoms with Gasteiger partial charge in [0.15, 0.2) is 0 Å². The van der Waals surface area contributed by atoms with E-state index in [1.54, 1.807) is 18.3 Å². The van der Waals surface area contributed by atoms with Crippen LogP contribution in [-0.4, -0.2) is 21.0 Å². The van der Waals surface area contributed by atoms with E-state index in [1.807, 2.05) is 17.5 Å². The SMILES string of the molecule is O=C(O)c1cccc2cc(-c3nccs3)[nH]c12. The topological polar surface area (TPSA) is 66.0 Å². The molecule has 17 heavy (non-hydrogen) atoms. The van der Waals surface area contributed by atoms with E-state index in [9.17, 15) is 4.79 Å². The van der Waals surface area contributed by atoms with E-state index < -0.39 is 5.97 Å². The molecule has 84 valence electrons. The molecule has 0 bridgehead atoms. The molecule has 0 spiro atoms. The van der Waals surface area contributed by atoms with Crippen molar-refractivity contribution in [2.45, 2.75) is 0 Å². The van der Waals surface area contributed by atoms with Gasteiger partial charge < -0.3 is 10.1 Å². The molecule has 0 amide bonds. The standard InChI is InChI=1S/C12H8N2O2S/c15-12(16)8-3-1-2-7-6-9(14-10(7)8)11-13-4-5-17-11/h1-6,14H,(H,15,16). The molecule has 2 aromatic heterocycles. The van der Waals surface area contributed by atoms with E-state index in [-0.39, 0.29) is 5.56 Å². The Hall–Kier alpha value is -2.14. The third-order valence-corrected chi connectivity index (χ3v) is 3.36. The van der Waals surface area contributed by atoms with E-state index >= 15 is 0 Å². The molecule has 0 aliphatic rings. The number of aromatic amines is 1. The van der Waals surface area contributed by atoms with Crippen molar-refractivity contribution in [1.82, 2.24) is 9.97 Å². The Labute approximate surface area is 101 Å². The minimum Gasteiger partial charge on any atom is -0.478 e. The van der Waals surface area contributed by atoms with Gasteiger partial charge in [-0.2, -0.15) is 0 Å². The lowest BCUT2D eigenvalue weighted by molar-refractivity contribution is 0.0699. The maximum absolute atomic E-state index is 11.1. The van der Waals surface area contributed by atoms with E-state index in [2.05, 4.69) is 9.97 Å². The second-order valence-corrected chi connectivity index (χ2v) is 4.49. The third kappa shape index (κ3) is 1.60. The monoisotopic (exact) mass is 244 g/mol. The zero-order valence-corrected chi connectivity index (χ0v) is 9.49. The van der Waals surface area contributed by atoms with Crippen molar-refractivity contribution in [3.63, 3.8) is 0 Å². The van der Waals surface area contributed by atoms with E-state index in [0.29, 0.717) is 5.52 Å². The lowest BCUT2D eigenvalue weighted by Crippen LogP contribution is -1.96. The van der Waals surface area contributed by atoms with Gasteiger partial charge in [-0.15, -0.1) is 11.3 Å². The van der Waals surface area contributed by atoms with Crippen LogP contribution in [0.1, 0.15) is 10.4 Å². The zero-order chi connectivity index (χ0) is 11.8. The van der Waals surface area contributed by atoms with Crippen LogP contribution in [0, 0.1) is 0 Å². The van der Waals surface area contributed by atoms with E-state index in [4.69, 9.17) is 5.11 Å². The molecule has 0 fully saturated rings. The summed E-state index contributed by atoms with van der Waals surface area (Å²) >= 11 is 1.52. The third-order valence-electron chi connectivity index (χ3n) is 2.55. The van der Waals surface area contributed by atoms with Gasteiger partial charge in [0, 0.05) is 17.0 Å². The minimum absolute atomic E-state index is 0.283. The zero-order valence-electron chi connectivity index (χ0n) is 8.68. The molecule has 0 atom stereocenters. The first-order valence-electron chi connectivity index (χ1n) is 5.00. The van der Waals surface area contributed by atoms with Gasteiger partial charge in [-0.1, -0.05) is 12.1 Å². The highest BCUT2D eigenvalue weighted by Gasteiger charge is 2.12.